The Bertz CT molecular complexity index is 1040. The summed E-state index contributed by atoms with van der Waals surface area (Å²) in [4.78, 5) is 12.4. The maximum Gasteiger partial charge on any atom is 0.252 e. The van der Waals surface area contributed by atoms with Gasteiger partial charge in [0, 0.05) is 16.6 Å². The molecular weight excluding hydrogens is 456 g/mol. The van der Waals surface area contributed by atoms with E-state index in [-0.39, 0.29) is 10.7 Å². The monoisotopic (exact) mass is 469 g/mol. The van der Waals surface area contributed by atoms with Crippen LogP contribution in [0.3, 0.4) is 0 Å². The Hall–Kier alpha value is -2.12. The second-order valence-electron chi connectivity index (χ2n) is 6.08. The Balaban J connectivity index is 1.73. The summed E-state index contributed by atoms with van der Waals surface area (Å²) < 4.78 is 11.2. The van der Waals surface area contributed by atoms with Crippen molar-refractivity contribution < 1.29 is 9.18 Å². The highest BCUT2D eigenvalue weighted by molar-refractivity contribution is 7.80. The van der Waals surface area contributed by atoms with Gasteiger partial charge in [-0.3, -0.25) is 4.79 Å². The molecule has 3 N–H and O–H groups in total. The van der Waals surface area contributed by atoms with Crippen LogP contribution < -0.4 is 16.0 Å². The molecule has 0 spiro atoms. The van der Waals surface area contributed by atoms with Gasteiger partial charge in [0.15, 0.2) is 5.11 Å². The normalized spacial score (nSPS) is 12.3. The molecule has 0 aromatic heterocycles. The molecule has 0 saturated carbocycles. The minimum Gasteiger partial charge on any atom is -0.339 e. The molecule has 1 unspecified atom stereocenters. The Morgan fingerprint density at radius 3 is 2.28 bits per heavy atom. The van der Waals surface area contributed by atoms with Crippen molar-refractivity contribution in [3.63, 3.8) is 0 Å². The van der Waals surface area contributed by atoms with Gasteiger partial charge in [0.25, 0.3) is 5.91 Å². The SMILES string of the molecule is O=C(NC(NC(=S)Nc1cccc2ccccc12)C(Cl)(Cl)Cl)c1ccc(F)cc1. The van der Waals surface area contributed by atoms with Gasteiger partial charge in [-0.25, -0.2) is 4.39 Å². The zero-order chi connectivity index (χ0) is 21.0. The molecule has 0 bridgehead atoms. The van der Waals surface area contributed by atoms with E-state index < -0.39 is 21.7 Å². The van der Waals surface area contributed by atoms with Gasteiger partial charge in [0.1, 0.15) is 12.0 Å². The average molecular weight is 471 g/mol. The van der Waals surface area contributed by atoms with Crippen molar-refractivity contribution in [1.82, 2.24) is 10.6 Å². The molecule has 0 aliphatic rings. The molecule has 29 heavy (non-hydrogen) atoms. The molecule has 150 valence electrons. The van der Waals surface area contributed by atoms with Crippen molar-refractivity contribution >= 4 is 74.5 Å². The Morgan fingerprint density at radius 2 is 1.59 bits per heavy atom. The number of thiocarbonyl (C=S) groups is 1. The van der Waals surface area contributed by atoms with Crippen LogP contribution in [0.4, 0.5) is 10.1 Å². The number of benzene rings is 3. The standard InChI is InChI=1S/C20H15Cl3FN3OS/c21-20(22,23)18(26-17(28)13-8-10-14(24)11-9-13)27-19(29)25-16-7-3-5-12-4-1-2-6-15(12)16/h1-11,18H,(H,26,28)(H2,25,27,29). The molecular formula is C20H15Cl3FN3OS. The van der Waals surface area contributed by atoms with Crippen LogP contribution in [-0.4, -0.2) is 21.0 Å². The van der Waals surface area contributed by atoms with Crippen LogP contribution in [0, 0.1) is 5.82 Å². The van der Waals surface area contributed by atoms with Gasteiger partial charge in [-0.05, 0) is 47.9 Å². The molecule has 3 aromatic carbocycles. The summed E-state index contributed by atoms with van der Waals surface area (Å²) >= 11 is 23.3. The first-order chi connectivity index (χ1) is 13.7. The zero-order valence-corrected chi connectivity index (χ0v) is 17.8. The van der Waals surface area contributed by atoms with E-state index >= 15 is 0 Å². The molecule has 1 amide bonds. The maximum atomic E-state index is 13.1. The molecule has 4 nitrogen and oxygen atoms in total. The summed E-state index contributed by atoms with van der Waals surface area (Å²) in [5, 5.41) is 10.5. The lowest BCUT2D eigenvalue weighted by Crippen LogP contribution is -2.56. The Morgan fingerprint density at radius 1 is 0.931 bits per heavy atom. The predicted molar refractivity (Wildman–Crippen MR) is 121 cm³/mol. The van der Waals surface area contributed by atoms with Crippen LogP contribution in [0.5, 0.6) is 0 Å². The third kappa shape index (κ3) is 5.70. The molecule has 0 fully saturated rings. The predicted octanol–water partition coefficient (Wildman–Crippen LogP) is 5.39. The van der Waals surface area contributed by atoms with E-state index in [4.69, 9.17) is 47.0 Å². The summed E-state index contributed by atoms with van der Waals surface area (Å²) in [5.74, 6) is -1.01. The first kappa shape index (κ1) is 21.6. The van der Waals surface area contributed by atoms with E-state index in [1.807, 2.05) is 42.5 Å². The molecule has 0 aliphatic heterocycles. The summed E-state index contributed by atoms with van der Waals surface area (Å²) in [6.07, 6.45) is -1.14. The van der Waals surface area contributed by atoms with Crippen LogP contribution in [0.2, 0.25) is 0 Å². The Labute approximate surface area is 187 Å². The molecule has 0 radical (unpaired) electrons. The van der Waals surface area contributed by atoms with Gasteiger partial charge in [-0.1, -0.05) is 71.2 Å². The van der Waals surface area contributed by atoms with Gasteiger partial charge < -0.3 is 16.0 Å². The van der Waals surface area contributed by atoms with Crippen LogP contribution in [0.15, 0.2) is 66.7 Å². The van der Waals surface area contributed by atoms with E-state index in [0.717, 1.165) is 16.5 Å². The summed E-state index contributed by atoms with van der Waals surface area (Å²) in [5.41, 5.74) is 0.967. The minimum atomic E-state index is -1.90. The largest absolute Gasteiger partial charge is 0.339 e. The Kier molecular flexibility index (Phi) is 6.80. The number of carbonyl (C=O) groups excluding carboxylic acids is 1. The number of carbonyl (C=O) groups is 1. The zero-order valence-electron chi connectivity index (χ0n) is 14.8. The number of fused-ring (bicyclic) bond motifs is 1. The maximum absolute atomic E-state index is 13.1. The van der Waals surface area contributed by atoms with Gasteiger partial charge in [-0.2, -0.15) is 0 Å². The van der Waals surface area contributed by atoms with Crippen molar-refractivity contribution in [3.05, 3.63) is 78.1 Å². The highest BCUT2D eigenvalue weighted by Crippen LogP contribution is 2.29. The number of amides is 1. The fourth-order valence-electron chi connectivity index (χ4n) is 2.64. The van der Waals surface area contributed by atoms with Crippen molar-refractivity contribution in [3.8, 4) is 0 Å². The van der Waals surface area contributed by atoms with Crippen molar-refractivity contribution in [2.75, 3.05) is 5.32 Å². The fraction of sp³-hybridized carbons (Fsp3) is 0.100. The summed E-state index contributed by atoms with van der Waals surface area (Å²) in [6, 6.07) is 18.5. The number of hydrogen-bond acceptors (Lipinski definition) is 2. The lowest BCUT2D eigenvalue weighted by molar-refractivity contribution is 0.0934. The highest BCUT2D eigenvalue weighted by atomic mass is 35.6. The lowest BCUT2D eigenvalue weighted by atomic mass is 10.1. The third-order valence-electron chi connectivity index (χ3n) is 4.02. The quantitative estimate of drug-likeness (QED) is 0.272. The van der Waals surface area contributed by atoms with Crippen molar-refractivity contribution in [2.45, 2.75) is 9.96 Å². The van der Waals surface area contributed by atoms with Gasteiger partial charge in [0.05, 0.1) is 0 Å². The topological polar surface area (TPSA) is 53.2 Å². The van der Waals surface area contributed by atoms with Crippen LogP contribution in [-0.2, 0) is 0 Å². The number of halogens is 4. The summed E-state index contributed by atoms with van der Waals surface area (Å²) in [7, 11) is 0. The second-order valence-corrected chi connectivity index (χ2v) is 8.86. The van der Waals surface area contributed by atoms with Gasteiger partial charge >= 0.3 is 0 Å². The van der Waals surface area contributed by atoms with E-state index in [1.165, 1.54) is 24.3 Å². The molecule has 9 heteroatoms. The summed E-state index contributed by atoms with van der Waals surface area (Å²) in [6.45, 7) is 0. The fourth-order valence-corrected chi connectivity index (χ4v) is 3.19. The average Bonchev–Trinajstić information content (AvgIpc) is 2.67. The van der Waals surface area contributed by atoms with Gasteiger partial charge in [-0.15, -0.1) is 0 Å². The second kappa shape index (κ2) is 9.13. The molecule has 0 heterocycles. The smallest absolute Gasteiger partial charge is 0.252 e. The van der Waals surface area contributed by atoms with Crippen LogP contribution in [0.25, 0.3) is 10.8 Å². The molecule has 1 atom stereocenters. The van der Waals surface area contributed by atoms with Crippen molar-refractivity contribution in [2.24, 2.45) is 0 Å². The highest BCUT2D eigenvalue weighted by Gasteiger charge is 2.35. The van der Waals surface area contributed by atoms with E-state index in [0.29, 0.717) is 0 Å². The van der Waals surface area contributed by atoms with Crippen LogP contribution in [0.1, 0.15) is 10.4 Å². The number of rotatable bonds is 4. The number of anilines is 1. The number of nitrogens with one attached hydrogen (secondary N) is 3. The van der Waals surface area contributed by atoms with Crippen molar-refractivity contribution in [1.29, 1.82) is 0 Å². The third-order valence-corrected chi connectivity index (χ3v) is 4.90. The number of alkyl halides is 3. The van der Waals surface area contributed by atoms with E-state index in [2.05, 4.69) is 16.0 Å². The van der Waals surface area contributed by atoms with Crippen LogP contribution >= 0.6 is 47.0 Å². The number of hydrogen-bond donors (Lipinski definition) is 3. The van der Waals surface area contributed by atoms with E-state index in [1.54, 1.807) is 0 Å². The first-order valence-electron chi connectivity index (χ1n) is 8.42. The minimum absolute atomic E-state index is 0.150. The first-order valence-corrected chi connectivity index (χ1v) is 9.97. The van der Waals surface area contributed by atoms with Gasteiger partial charge in [0.2, 0.25) is 3.79 Å². The van der Waals surface area contributed by atoms with E-state index in [9.17, 15) is 9.18 Å². The molecule has 0 saturated heterocycles. The molecule has 0 aliphatic carbocycles. The molecule has 3 rings (SSSR count). The lowest BCUT2D eigenvalue weighted by Gasteiger charge is -2.28. The molecule has 3 aromatic rings.